The Bertz CT molecular complexity index is 343. The average Bonchev–Trinajstić information content (AvgIpc) is 2.97. The topological polar surface area (TPSA) is 52.6 Å². The lowest BCUT2D eigenvalue weighted by Gasteiger charge is -2.25. The van der Waals surface area contributed by atoms with Crippen molar-refractivity contribution in [3.05, 3.63) is 0 Å². The van der Waals surface area contributed by atoms with E-state index in [1.54, 1.807) is 0 Å². The van der Waals surface area contributed by atoms with Crippen molar-refractivity contribution in [1.82, 2.24) is 0 Å². The van der Waals surface area contributed by atoms with Gasteiger partial charge in [-0.2, -0.15) is 0 Å². The third kappa shape index (κ3) is 0.837. The fraction of sp³-hybridized carbons (Fsp3) is 0.833. The second kappa shape index (κ2) is 2.79. The maximum atomic E-state index is 11.9. The lowest BCUT2D eigenvalue weighted by atomic mass is 9.80. The van der Waals surface area contributed by atoms with Crippen LogP contribution in [-0.2, 0) is 19.1 Å². The molecule has 4 rings (SSSR count). The number of rotatable bonds is 2. The number of methoxy groups -OCH3 is 2. The number of carbonyl (C=O) groups is 2. The van der Waals surface area contributed by atoms with Crippen molar-refractivity contribution in [1.29, 1.82) is 0 Å². The largest absolute Gasteiger partial charge is 0.469 e. The zero-order valence-electron chi connectivity index (χ0n) is 9.62. The maximum absolute atomic E-state index is 11.9. The van der Waals surface area contributed by atoms with E-state index in [2.05, 4.69) is 0 Å². The van der Waals surface area contributed by atoms with E-state index in [1.165, 1.54) is 14.2 Å². The van der Waals surface area contributed by atoms with Crippen molar-refractivity contribution in [2.75, 3.05) is 14.2 Å². The average molecular weight is 224 g/mol. The molecule has 4 nitrogen and oxygen atoms in total. The fourth-order valence-electron chi connectivity index (χ4n) is 4.61. The van der Waals surface area contributed by atoms with E-state index in [1.807, 2.05) is 0 Å². The van der Waals surface area contributed by atoms with Crippen molar-refractivity contribution in [3.63, 3.8) is 0 Å². The molecule has 0 aromatic heterocycles. The second-order valence-electron chi connectivity index (χ2n) is 5.51. The Hall–Kier alpha value is -1.06. The number of ether oxygens (including phenoxy) is 2. The molecule has 4 bridgehead atoms. The highest BCUT2D eigenvalue weighted by Gasteiger charge is 2.76. The van der Waals surface area contributed by atoms with E-state index in [0.717, 1.165) is 19.3 Å². The molecular weight excluding hydrogens is 208 g/mol. The zero-order valence-corrected chi connectivity index (χ0v) is 9.62. The van der Waals surface area contributed by atoms with Gasteiger partial charge in [0.15, 0.2) is 0 Å². The molecule has 4 fully saturated rings. The molecule has 0 radical (unpaired) electrons. The molecule has 4 saturated carbocycles. The summed E-state index contributed by atoms with van der Waals surface area (Å²) in [6.07, 6.45) is 3.28. The smallest absolute Gasteiger partial charge is 0.312 e. The van der Waals surface area contributed by atoms with Gasteiger partial charge in [0, 0.05) is 0 Å². The van der Waals surface area contributed by atoms with Gasteiger partial charge < -0.3 is 9.47 Å². The molecule has 0 unspecified atom stereocenters. The van der Waals surface area contributed by atoms with Gasteiger partial charge >= 0.3 is 11.9 Å². The first-order valence-electron chi connectivity index (χ1n) is 5.76. The van der Waals surface area contributed by atoms with Crippen molar-refractivity contribution >= 4 is 11.9 Å². The molecule has 0 aromatic rings. The first-order chi connectivity index (χ1) is 7.59. The highest BCUT2D eigenvalue weighted by atomic mass is 16.5. The highest BCUT2D eigenvalue weighted by molar-refractivity contribution is 5.86. The molecule has 0 spiro atoms. The maximum Gasteiger partial charge on any atom is 0.312 e. The summed E-state index contributed by atoms with van der Waals surface area (Å²) < 4.78 is 9.84. The Morgan fingerprint density at radius 1 is 1.00 bits per heavy atom. The van der Waals surface area contributed by atoms with Crippen LogP contribution < -0.4 is 0 Å². The molecule has 0 N–H and O–H groups in total. The number of carbonyl (C=O) groups excluding carboxylic acids is 2. The molecule has 4 aliphatic rings. The van der Waals surface area contributed by atoms with Gasteiger partial charge in [0.25, 0.3) is 0 Å². The highest BCUT2D eigenvalue weighted by Crippen LogP contribution is 2.76. The monoisotopic (exact) mass is 224 g/mol. The first kappa shape index (κ1) is 10.1. The van der Waals surface area contributed by atoms with Gasteiger partial charge in [-0.1, -0.05) is 0 Å². The summed E-state index contributed by atoms with van der Waals surface area (Å²) >= 11 is 0. The van der Waals surface area contributed by atoms with Crippen LogP contribution in [0.3, 0.4) is 0 Å². The normalized spacial score (nSPS) is 47.4. The molecule has 4 heteroatoms. The van der Waals surface area contributed by atoms with Crippen molar-refractivity contribution in [2.45, 2.75) is 25.7 Å². The minimum atomic E-state index is -0.367. The molecule has 0 aliphatic heterocycles. The predicted octanol–water partition coefficient (Wildman–Crippen LogP) is 1.14. The quantitative estimate of drug-likeness (QED) is 0.660. The summed E-state index contributed by atoms with van der Waals surface area (Å²) in [5, 5.41) is 0. The summed E-state index contributed by atoms with van der Waals surface area (Å²) in [5.41, 5.74) is -0.735. The molecule has 0 saturated heterocycles. The number of hydrogen-bond acceptors (Lipinski definition) is 4. The lowest BCUT2D eigenvalue weighted by Crippen LogP contribution is -2.33. The molecule has 0 amide bonds. The summed E-state index contributed by atoms with van der Waals surface area (Å²) in [5.74, 6) is 0.430. The van der Waals surface area contributed by atoms with Gasteiger partial charge in [0.1, 0.15) is 0 Å². The SMILES string of the molecule is COC(=O)[C@@]12C[C@H]3C[C@@H]1C[C@@]3(C(=O)OC)C2. The predicted molar refractivity (Wildman–Crippen MR) is 54.3 cm³/mol. The van der Waals surface area contributed by atoms with Gasteiger partial charge in [-0.15, -0.1) is 0 Å². The van der Waals surface area contributed by atoms with Crippen LogP contribution in [0, 0.1) is 22.7 Å². The van der Waals surface area contributed by atoms with Crippen molar-refractivity contribution in [2.24, 2.45) is 22.7 Å². The molecule has 0 aromatic carbocycles. The summed E-state index contributed by atoms with van der Waals surface area (Å²) in [6, 6.07) is 0. The Morgan fingerprint density at radius 3 is 1.75 bits per heavy atom. The summed E-state index contributed by atoms with van der Waals surface area (Å²) in [4.78, 5) is 23.8. The van der Waals surface area contributed by atoms with E-state index in [4.69, 9.17) is 9.47 Å². The van der Waals surface area contributed by atoms with Crippen LogP contribution in [0.1, 0.15) is 25.7 Å². The third-order valence-electron chi connectivity index (χ3n) is 5.17. The third-order valence-corrected chi connectivity index (χ3v) is 5.17. The van der Waals surface area contributed by atoms with Crippen molar-refractivity contribution in [3.8, 4) is 0 Å². The van der Waals surface area contributed by atoms with Crippen LogP contribution >= 0.6 is 0 Å². The Balaban J connectivity index is 1.98. The van der Waals surface area contributed by atoms with Crippen molar-refractivity contribution < 1.29 is 19.1 Å². The second-order valence-corrected chi connectivity index (χ2v) is 5.51. The van der Waals surface area contributed by atoms with E-state index < -0.39 is 0 Å². The molecule has 0 heterocycles. The lowest BCUT2D eigenvalue weighted by molar-refractivity contribution is -0.154. The molecule has 88 valence electrons. The van der Waals surface area contributed by atoms with Crippen LogP contribution in [0.25, 0.3) is 0 Å². The Labute approximate surface area is 94.3 Å². The Kier molecular flexibility index (Phi) is 1.76. The standard InChI is InChI=1S/C12H16O4/c1-15-9(13)11-4-8-3-7(11)5-12(8,6-11)10(14)16-2/h7-8H,3-6H2,1-2H3/t7-,8-,11-,12-/m1/s1. The van der Waals surface area contributed by atoms with Crippen LogP contribution in [0.5, 0.6) is 0 Å². The molecular formula is C12H16O4. The molecule has 4 aliphatic carbocycles. The van der Waals surface area contributed by atoms with Gasteiger partial charge in [0.05, 0.1) is 25.0 Å². The number of esters is 2. The first-order valence-corrected chi connectivity index (χ1v) is 5.76. The summed E-state index contributed by atoms with van der Waals surface area (Å²) in [7, 11) is 2.87. The molecule has 16 heavy (non-hydrogen) atoms. The van der Waals surface area contributed by atoms with Crippen LogP contribution in [0.2, 0.25) is 0 Å². The fourth-order valence-corrected chi connectivity index (χ4v) is 4.61. The number of hydrogen-bond donors (Lipinski definition) is 0. The van der Waals surface area contributed by atoms with Crippen LogP contribution in [0.4, 0.5) is 0 Å². The van der Waals surface area contributed by atoms with Gasteiger partial charge in [-0.25, -0.2) is 0 Å². The van der Waals surface area contributed by atoms with Crippen LogP contribution in [-0.4, -0.2) is 26.2 Å². The summed E-state index contributed by atoms with van der Waals surface area (Å²) in [6.45, 7) is 0. The van der Waals surface area contributed by atoms with Crippen LogP contribution in [0.15, 0.2) is 0 Å². The van der Waals surface area contributed by atoms with E-state index in [-0.39, 0.29) is 22.8 Å². The minimum Gasteiger partial charge on any atom is -0.469 e. The van der Waals surface area contributed by atoms with E-state index in [0.29, 0.717) is 18.3 Å². The van der Waals surface area contributed by atoms with E-state index >= 15 is 0 Å². The van der Waals surface area contributed by atoms with Gasteiger partial charge in [-0.3, -0.25) is 9.59 Å². The minimum absolute atomic E-state index is 0.122. The molecule has 4 atom stereocenters. The van der Waals surface area contributed by atoms with E-state index in [9.17, 15) is 9.59 Å². The zero-order chi connectivity index (χ0) is 11.6. The van der Waals surface area contributed by atoms with Gasteiger partial charge in [-0.05, 0) is 37.5 Å². The van der Waals surface area contributed by atoms with Gasteiger partial charge in [0.2, 0.25) is 0 Å². The Morgan fingerprint density at radius 2 is 1.44 bits per heavy atom.